The maximum atomic E-state index is 13.3. The molecule has 0 spiro atoms. The maximum Gasteiger partial charge on any atom is 0.309 e. The number of benzene rings is 1. The second-order valence-corrected chi connectivity index (χ2v) is 6.25. The number of carbonyl (C=O) groups is 2. The van der Waals surface area contributed by atoms with Gasteiger partial charge in [0.15, 0.2) is 22.9 Å². The molecule has 1 N–H and O–H groups in total. The maximum absolute atomic E-state index is 13.3. The molecule has 1 heterocycles. The van der Waals surface area contributed by atoms with Crippen molar-refractivity contribution in [2.24, 2.45) is 5.92 Å². The summed E-state index contributed by atoms with van der Waals surface area (Å²) in [6.07, 6.45) is -0.962. The Morgan fingerprint density at radius 1 is 1.21 bits per heavy atom. The van der Waals surface area contributed by atoms with Gasteiger partial charge in [-0.05, 0) is 25.1 Å². The van der Waals surface area contributed by atoms with E-state index in [2.05, 4.69) is 10.3 Å². The Morgan fingerprint density at radius 2 is 1.92 bits per heavy atom. The highest BCUT2D eigenvalue weighted by molar-refractivity contribution is 7.14. The van der Waals surface area contributed by atoms with Crippen LogP contribution >= 0.6 is 11.3 Å². The van der Waals surface area contributed by atoms with Crippen molar-refractivity contribution >= 4 is 28.3 Å². The fraction of sp³-hybridized carbons (Fsp3) is 0.312. The van der Waals surface area contributed by atoms with Crippen LogP contribution in [0.15, 0.2) is 23.6 Å². The van der Waals surface area contributed by atoms with Crippen molar-refractivity contribution in [3.8, 4) is 11.3 Å². The lowest BCUT2D eigenvalue weighted by Gasteiger charge is -2.13. The molecule has 5 nitrogen and oxygen atoms in total. The molecule has 0 bridgehead atoms. The molecule has 0 saturated heterocycles. The van der Waals surface area contributed by atoms with Crippen LogP contribution in [0.2, 0.25) is 0 Å². The predicted molar refractivity (Wildman–Crippen MR) is 86.5 cm³/mol. The highest BCUT2D eigenvalue weighted by Gasteiger charge is 2.20. The van der Waals surface area contributed by atoms with Crippen molar-refractivity contribution in [1.82, 2.24) is 4.98 Å². The van der Waals surface area contributed by atoms with Gasteiger partial charge in [-0.25, -0.2) is 13.8 Å². The summed E-state index contributed by atoms with van der Waals surface area (Å²) in [7, 11) is 0. The third-order valence-electron chi connectivity index (χ3n) is 3.08. The highest BCUT2D eigenvalue weighted by atomic mass is 32.1. The van der Waals surface area contributed by atoms with Crippen LogP contribution in [0.25, 0.3) is 11.3 Å². The zero-order valence-corrected chi connectivity index (χ0v) is 14.1. The highest BCUT2D eigenvalue weighted by Crippen LogP contribution is 2.26. The summed E-state index contributed by atoms with van der Waals surface area (Å²) < 4.78 is 31.2. The molecule has 0 radical (unpaired) electrons. The number of halogens is 2. The smallest absolute Gasteiger partial charge is 0.309 e. The Labute approximate surface area is 141 Å². The Balaban J connectivity index is 2.04. The number of nitrogens with zero attached hydrogens (tertiary/aromatic N) is 1. The molecular formula is C16H16F2N2O3S. The van der Waals surface area contributed by atoms with Crippen molar-refractivity contribution in [2.75, 3.05) is 5.32 Å². The lowest BCUT2D eigenvalue weighted by molar-refractivity contribution is -0.156. The minimum Gasteiger partial charge on any atom is -0.452 e. The topological polar surface area (TPSA) is 68.3 Å². The molecule has 1 amide bonds. The van der Waals surface area contributed by atoms with E-state index in [4.69, 9.17) is 4.74 Å². The van der Waals surface area contributed by atoms with Gasteiger partial charge in [-0.1, -0.05) is 13.8 Å². The molecule has 128 valence electrons. The number of nitrogens with one attached hydrogen (secondary N) is 1. The molecule has 1 atom stereocenters. The molecule has 0 aliphatic rings. The Morgan fingerprint density at radius 3 is 2.54 bits per heavy atom. The summed E-state index contributed by atoms with van der Waals surface area (Å²) in [5, 5.41) is 4.40. The average Bonchev–Trinajstić information content (AvgIpc) is 2.98. The summed E-state index contributed by atoms with van der Waals surface area (Å²) in [5.74, 6) is -3.24. The van der Waals surface area contributed by atoms with Gasteiger partial charge >= 0.3 is 5.97 Å². The number of hydrogen-bond donors (Lipinski definition) is 1. The van der Waals surface area contributed by atoms with Crippen LogP contribution in [0.4, 0.5) is 13.9 Å². The number of carbonyl (C=O) groups excluding carboxylic acids is 2. The quantitative estimate of drug-likeness (QED) is 0.833. The molecule has 2 aromatic rings. The monoisotopic (exact) mass is 354 g/mol. The number of aromatic nitrogens is 1. The first kappa shape index (κ1) is 18.0. The minimum atomic E-state index is -0.972. The fourth-order valence-electron chi connectivity index (χ4n) is 1.69. The Kier molecular flexibility index (Phi) is 5.61. The summed E-state index contributed by atoms with van der Waals surface area (Å²) in [6.45, 7) is 4.79. The van der Waals surface area contributed by atoms with Gasteiger partial charge in [0.2, 0.25) is 0 Å². The number of esters is 1. The van der Waals surface area contributed by atoms with E-state index in [-0.39, 0.29) is 11.0 Å². The molecule has 0 saturated carbocycles. The standard InChI is InChI=1S/C16H16F2N2O3S/c1-8(2)15(22)23-9(3)14(21)20-16-19-13(7-24-16)10-4-5-11(17)12(18)6-10/h4-9H,1-3H3,(H,19,20,21). The van der Waals surface area contributed by atoms with Gasteiger partial charge in [0.1, 0.15) is 0 Å². The van der Waals surface area contributed by atoms with Gasteiger partial charge in [0, 0.05) is 10.9 Å². The van der Waals surface area contributed by atoms with E-state index in [1.54, 1.807) is 19.2 Å². The fourth-order valence-corrected chi connectivity index (χ4v) is 2.41. The summed E-state index contributed by atoms with van der Waals surface area (Å²) in [4.78, 5) is 27.6. The third kappa shape index (κ3) is 4.35. The van der Waals surface area contributed by atoms with E-state index >= 15 is 0 Å². The first-order valence-corrected chi connectivity index (χ1v) is 8.08. The van der Waals surface area contributed by atoms with E-state index in [1.165, 1.54) is 13.0 Å². The van der Waals surface area contributed by atoms with Crippen LogP contribution in [-0.4, -0.2) is 23.0 Å². The van der Waals surface area contributed by atoms with E-state index in [9.17, 15) is 18.4 Å². The van der Waals surface area contributed by atoms with Crippen LogP contribution in [0.3, 0.4) is 0 Å². The minimum absolute atomic E-state index is 0.271. The normalized spacial score (nSPS) is 12.1. The van der Waals surface area contributed by atoms with Gasteiger partial charge in [-0.2, -0.15) is 0 Å². The van der Waals surface area contributed by atoms with Crippen molar-refractivity contribution < 1.29 is 23.1 Å². The van der Waals surface area contributed by atoms with Crippen molar-refractivity contribution in [1.29, 1.82) is 0 Å². The lowest BCUT2D eigenvalue weighted by atomic mass is 10.2. The Hall–Kier alpha value is -2.35. The second-order valence-electron chi connectivity index (χ2n) is 5.39. The molecule has 1 aromatic heterocycles. The van der Waals surface area contributed by atoms with Crippen LogP contribution in [0, 0.1) is 17.6 Å². The van der Waals surface area contributed by atoms with Crippen LogP contribution < -0.4 is 5.32 Å². The van der Waals surface area contributed by atoms with E-state index in [0.29, 0.717) is 11.3 Å². The Bertz CT molecular complexity index is 762. The largest absolute Gasteiger partial charge is 0.452 e. The molecule has 2 rings (SSSR count). The van der Waals surface area contributed by atoms with Crippen molar-refractivity contribution in [2.45, 2.75) is 26.9 Å². The van der Waals surface area contributed by atoms with Crippen LogP contribution in [0.5, 0.6) is 0 Å². The average molecular weight is 354 g/mol. The summed E-state index contributed by atoms with van der Waals surface area (Å²) in [5.41, 5.74) is 0.797. The van der Waals surface area contributed by atoms with Gasteiger partial charge in [-0.3, -0.25) is 14.9 Å². The summed E-state index contributed by atoms with van der Waals surface area (Å²) >= 11 is 1.13. The van der Waals surface area contributed by atoms with E-state index in [0.717, 1.165) is 23.5 Å². The molecule has 0 fully saturated rings. The van der Waals surface area contributed by atoms with Gasteiger partial charge in [0.05, 0.1) is 11.6 Å². The van der Waals surface area contributed by atoms with Crippen LogP contribution in [0.1, 0.15) is 20.8 Å². The third-order valence-corrected chi connectivity index (χ3v) is 3.84. The van der Waals surface area contributed by atoms with Gasteiger partial charge in [0.25, 0.3) is 5.91 Å². The zero-order chi connectivity index (χ0) is 17.9. The predicted octanol–water partition coefficient (Wildman–Crippen LogP) is 3.61. The molecule has 0 aliphatic heterocycles. The van der Waals surface area contributed by atoms with Gasteiger partial charge < -0.3 is 4.74 Å². The first-order chi connectivity index (χ1) is 11.3. The van der Waals surface area contributed by atoms with Gasteiger partial charge in [-0.15, -0.1) is 11.3 Å². The number of thiazole rings is 1. The number of ether oxygens (including phenoxy) is 1. The second kappa shape index (κ2) is 7.48. The first-order valence-electron chi connectivity index (χ1n) is 7.20. The summed E-state index contributed by atoms with van der Waals surface area (Å²) in [6, 6.07) is 3.44. The molecule has 1 aromatic carbocycles. The molecule has 1 unspecified atom stereocenters. The molecule has 0 aliphatic carbocycles. The number of hydrogen-bond acceptors (Lipinski definition) is 5. The number of rotatable bonds is 5. The number of amides is 1. The molecule has 8 heteroatoms. The van der Waals surface area contributed by atoms with E-state index in [1.807, 2.05) is 0 Å². The molecular weight excluding hydrogens is 338 g/mol. The SMILES string of the molecule is CC(C)C(=O)OC(C)C(=O)Nc1nc(-c2ccc(F)c(F)c2)cs1. The molecule has 24 heavy (non-hydrogen) atoms. The van der Waals surface area contributed by atoms with E-state index < -0.39 is 29.6 Å². The van der Waals surface area contributed by atoms with Crippen molar-refractivity contribution in [3.05, 3.63) is 35.2 Å². The zero-order valence-electron chi connectivity index (χ0n) is 13.3. The van der Waals surface area contributed by atoms with Crippen molar-refractivity contribution in [3.63, 3.8) is 0 Å². The van der Waals surface area contributed by atoms with Crippen LogP contribution in [-0.2, 0) is 14.3 Å². The lowest BCUT2D eigenvalue weighted by Crippen LogP contribution is -2.31. The number of anilines is 1.